The third-order valence-electron chi connectivity index (χ3n) is 2.27. The van der Waals surface area contributed by atoms with Crippen LogP contribution in [-0.2, 0) is 4.79 Å². The predicted molar refractivity (Wildman–Crippen MR) is 66.7 cm³/mol. The second kappa shape index (κ2) is 6.34. The average Bonchev–Trinajstić information content (AvgIpc) is 2.35. The Morgan fingerprint density at radius 2 is 2.16 bits per heavy atom. The number of amides is 3. The molecule has 1 rings (SSSR count). The molecule has 0 radical (unpaired) electrons. The van der Waals surface area contributed by atoms with E-state index < -0.39 is 17.9 Å². The Kier molecular flexibility index (Phi) is 4.81. The topological polar surface area (TPSA) is 126 Å². The van der Waals surface area contributed by atoms with Crippen LogP contribution in [0.2, 0.25) is 0 Å². The molecule has 0 fully saturated rings. The Hall–Kier alpha value is -2.64. The molecule has 0 saturated heterocycles. The lowest BCUT2D eigenvalue weighted by Crippen LogP contribution is -2.41. The van der Waals surface area contributed by atoms with Crippen LogP contribution in [0.15, 0.2) is 18.3 Å². The van der Waals surface area contributed by atoms with E-state index in [-0.39, 0.29) is 24.5 Å². The van der Waals surface area contributed by atoms with Crippen LogP contribution in [0.4, 0.5) is 10.5 Å². The second-order valence-electron chi connectivity index (χ2n) is 3.62. The Balaban J connectivity index is 2.87. The molecule has 0 aromatic carbocycles. The average molecular weight is 266 g/mol. The molecule has 1 heterocycles. The van der Waals surface area contributed by atoms with E-state index in [2.05, 4.69) is 10.3 Å². The lowest BCUT2D eigenvalue weighted by atomic mass is 10.3. The normalized spacial score (nSPS) is 9.74. The first-order valence-electron chi connectivity index (χ1n) is 5.48. The molecule has 102 valence electrons. The van der Waals surface area contributed by atoms with Crippen molar-refractivity contribution in [2.45, 2.75) is 6.92 Å². The molecule has 3 amide bonds. The van der Waals surface area contributed by atoms with Crippen LogP contribution in [0.5, 0.6) is 0 Å². The standard InChI is InChI=1S/C11H14N4O4/c1-2-15(6-8(12)16)11(19)14-7-4-3-5-13-9(7)10(17)18/h3-5H,2,6H2,1H3,(H2,12,16)(H,14,19)(H,17,18). The van der Waals surface area contributed by atoms with E-state index in [9.17, 15) is 14.4 Å². The molecule has 8 heteroatoms. The van der Waals surface area contributed by atoms with Gasteiger partial charge in [0, 0.05) is 12.7 Å². The van der Waals surface area contributed by atoms with Crippen molar-refractivity contribution < 1.29 is 19.5 Å². The van der Waals surface area contributed by atoms with E-state index in [1.807, 2.05) is 0 Å². The van der Waals surface area contributed by atoms with Gasteiger partial charge in [-0.05, 0) is 19.1 Å². The van der Waals surface area contributed by atoms with Gasteiger partial charge in [-0.3, -0.25) is 4.79 Å². The maximum atomic E-state index is 11.8. The minimum atomic E-state index is -1.26. The maximum absolute atomic E-state index is 11.8. The van der Waals surface area contributed by atoms with E-state index in [0.29, 0.717) is 0 Å². The largest absolute Gasteiger partial charge is 0.476 e. The van der Waals surface area contributed by atoms with Crippen LogP contribution >= 0.6 is 0 Å². The summed E-state index contributed by atoms with van der Waals surface area (Å²) in [6, 6.07) is 2.29. The van der Waals surface area contributed by atoms with Gasteiger partial charge in [-0.1, -0.05) is 0 Å². The molecule has 0 aliphatic rings. The Bertz CT molecular complexity index is 503. The first kappa shape index (κ1) is 14.4. The molecular weight excluding hydrogens is 252 g/mol. The zero-order valence-corrected chi connectivity index (χ0v) is 10.3. The summed E-state index contributed by atoms with van der Waals surface area (Å²) in [4.78, 5) is 38.4. The zero-order chi connectivity index (χ0) is 14.4. The Morgan fingerprint density at radius 3 is 2.68 bits per heavy atom. The number of nitrogens with two attached hydrogens (primary N) is 1. The van der Waals surface area contributed by atoms with Crippen LogP contribution in [0.3, 0.4) is 0 Å². The number of carboxylic acid groups (broad SMARTS) is 1. The number of urea groups is 1. The summed E-state index contributed by atoms with van der Waals surface area (Å²) in [6.07, 6.45) is 1.31. The van der Waals surface area contributed by atoms with Crippen molar-refractivity contribution in [1.29, 1.82) is 0 Å². The van der Waals surface area contributed by atoms with Gasteiger partial charge in [0.15, 0.2) is 5.69 Å². The number of hydrogen-bond acceptors (Lipinski definition) is 4. The predicted octanol–water partition coefficient (Wildman–Crippen LogP) is 0.119. The molecule has 0 aliphatic heterocycles. The Morgan fingerprint density at radius 1 is 1.47 bits per heavy atom. The number of pyridine rings is 1. The Labute approximate surface area is 109 Å². The quantitative estimate of drug-likeness (QED) is 0.697. The summed E-state index contributed by atoms with van der Waals surface area (Å²) in [5.41, 5.74) is 4.80. The molecule has 0 unspecified atom stereocenters. The van der Waals surface area contributed by atoms with Crippen molar-refractivity contribution in [2.75, 3.05) is 18.4 Å². The highest BCUT2D eigenvalue weighted by molar-refractivity contribution is 5.99. The molecule has 0 bridgehead atoms. The number of carbonyl (C=O) groups is 3. The monoisotopic (exact) mass is 266 g/mol. The molecule has 1 aromatic heterocycles. The SMILES string of the molecule is CCN(CC(N)=O)C(=O)Nc1cccnc1C(=O)O. The van der Waals surface area contributed by atoms with E-state index in [0.717, 1.165) is 4.90 Å². The third kappa shape index (κ3) is 3.95. The number of carboxylic acids is 1. The number of hydrogen-bond donors (Lipinski definition) is 3. The fourth-order valence-corrected chi connectivity index (χ4v) is 1.39. The molecule has 4 N–H and O–H groups in total. The van der Waals surface area contributed by atoms with Crippen LogP contribution in [0.1, 0.15) is 17.4 Å². The van der Waals surface area contributed by atoms with Crippen molar-refractivity contribution in [1.82, 2.24) is 9.88 Å². The molecule has 0 saturated carbocycles. The highest BCUT2D eigenvalue weighted by Crippen LogP contribution is 2.12. The van der Waals surface area contributed by atoms with Gasteiger partial charge in [-0.2, -0.15) is 0 Å². The fraction of sp³-hybridized carbons (Fsp3) is 0.273. The summed E-state index contributed by atoms with van der Waals surface area (Å²) in [6.45, 7) is 1.69. The molecular formula is C11H14N4O4. The number of likely N-dealkylation sites (N-methyl/N-ethyl adjacent to an activating group) is 1. The van der Waals surface area contributed by atoms with Crippen LogP contribution in [0, 0.1) is 0 Å². The zero-order valence-electron chi connectivity index (χ0n) is 10.3. The van der Waals surface area contributed by atoms with E-state index in [4.69, 9.17) is 10.8 Å². The van der Waals surface area contributed by atoms with E-state index in [1.54, 1.807) is 6.92 Å². The lowest BCUT2D eigenvalue weighted by molar-refractivity contribution is -0.118. The molecule has 0 atom stereocenters. The van der Waals surface area contributed by atoms with Gasteiger partial charge in [0.1, 0.15) is 6.54 Å². The van der Waals surface area contributed by atoms with Gasteiger partial charge in [0.2, 0.25) is 5.91 Å². The minimum Gasteiger partial charge on any atom is -0.476 e. The first-order valence-corrected chi connectivity index (χ1v) is 5.48. The second-order valence-corrected chi connectivity index (χ2v) is 3.62. The molecule has 1 aromatic rings. The maximum Gasteiger partial charge on any atom is 0.356 e. The van der Waals surface area contributed by atoms with Gasteiger partial charge in [0.25, 0.3) is 0 Å². The number of aromatic nitrogens is 1. The van der Waals surface area contributed by atoms with Crippen molar-refractivity contribution in [3.8, 4) is 0 Å². The van der Waals surface area contributed by atoms with Crippen molar-refractivity contribution in [3.05, 3.63) is 24.0 Å². The van der Waals surface area contributed by atoms with Gasteiger partial charge in [-0.15, -0.1) is 0 Å². The van der Waals surface area contributed by atoms with Gasteiger partial charge in [0.05, 0.1) is 5.69 Å². The number of carbonyl (C=O) groups excluding carboxylic acids is 2. The van der Waals surface area contributed by atoms with E-state index >= 15 is 0 Å². The molecule has 0 spiro atoms. The van der Waals surface area contributed by atoms with Crippen molar-refractivity contribution in [3.63, 3.8) is 0 Å². The van der Waals surface area contributed by atoms with E-state index in [1.165, 1.54) is 18.3 Å². The number of rotatable bonds is 5. The summed E-state index contributed by atoms with van der Waals surface area (Å²) >= 11 is 0. The molecule has 8 nitrogen and oxygen atoms in total. The highest BCUT2D eigenvalue weighted by Gasteiger charge is 2.17. The number of nitrogens with one attached hydrogen (secondary N) is 1. The van der Waals surface area contributed by atoms with Crippen molar-refractivity contribution in [2.24, 2.45) is 5.73 Å². The van der Waals surface area contributed by atoms with Gasteiger partial charge < -0.3 is 21.1 Å². The molecule has 19 heavy (non-hydrogen) atoms. The number of primary amides is 1. The third-order valence-corrected chi connectivity index (χ3v) is 2.27. The molecule has 0 aliphatic carbocycles. The fourth-order valence-electron chi connectivity index (χ4n) is 1.39. The van der Waals surface area contributed by atoms with Crippen LogP contribution < -0.4 is 11.1 Å². The van der Waals surface area contributed by atoms with Gasteiger partial charge >= 0.3 is 12.0 Å². The van der Waals surface area contributed by atoms with Gasteiger partial charge in [-0.25, -0.2) is 14.6 Å². The van der Waals surface area contributed by atoms with Crippen LogP contribution in [0.25, 0.3) is 0 Å². The number of aromatic carboxylic acids is 1. The summed E-state index contributed by atoms with van der Waals surface area (Å²) in [5, 5.41) is 11.3. The van der Waals surface area contributed by atoms with Crippen LogP contribution in [-0.4, -0.2) is 46.0 Å². The number of nitrogens with zero attached hydrogens (tertiary/aromatic N) is 2. The smallest absolute Gasteiger partial charge is 0.356 e. The summed E-state index contributed by atoms with van der Waals surface area (Å²) in [7, 11) is 0. The number of anilines is 1. The summed E-state index contributed by atoms with van der Waals surface area (Å²) in [5.74, 6) is -1.91. The highest BCUT2D eigenvalue weighted by atomic mass is 16.4. The minimum absolute atomic E-state index is 0.0583. The summed E-state index contributed by atoms with van der Waals surface area (Å²) < 4.78 is 0. The van der Waals surface area contributed by atoms with Crippen molar-refractivity contribution >= 4 is 23.6 Å². The lowest BCUT2D eigenvalue weighted by Gasteiger charge is -2.19. The first-order chi connectivity index (χ1) is 8.95.